The van der Waals surface area contributed by atoms with Gasteiger partial charge in [-0.05, 0) is 204 Å². The maximum absolute atomic E-state index is 6.13. The van der Waals surface area contributed by atoms with E-state index >= 15 is 0 Å². The summed E-state index contributed by atoms with van der Waals surface area (Å²) < 4.78 is 91.8. The van der Waals surface area contributed by atoms with Crippen LogP contribution in [0.1, 0.15) is 163 Å². The summed E-state index contributed by atoms with van der Waals surface area (Å²) in [7, 11) is 8.24. The number of unbranched alkanes of at least 4 members (excludes halogenated alkanes) is 1. The third-order valence-electron chi connectivity index (χ3n) is 14.5. The van der Waals surface area contributed by atoms with E-state index in [0.717, 1.165) is 77.3 Å². The Morgan fingerprint density at radius 1 is 0.525 bits per heavy atom. The van der Waals surface area contributed by atoms with E-state index in [1.165, 1.54) is 0 Å². The smallest absolute Gasteiger partial charge is 0.262 e. The van der Waals surface area contributed by atoms with E-state index in [1.807, 2.05) is 163 Å². The molecule has 0 spiro atoms. The lowest BCUT2D eigenvalue weighted by molar-refractivity contribution is -0.106. The molecule has 1 heterocycles. The second kappa shape index (κ2) is 46.1. The average Bonchev–Trinajstić information content (AvgIpc) is 1.01. The van der Waals surface area contributed by atoms with Crippen LogP contribution < -0.4 is 34.8 Å². The number of benzene rings is 5. The van der Waals surface area contributed by atoms with Gasteiger partial charge < -0.3 is 74.5 Å². The summed E-state index contributed by atoms with van der Waals surface area (Å²) in [5.41, 5.74) is 3.59. The van der Waals surface area contributed by atoms with Crippen molar-refractivity contribution in [1.82, 2.24) is 20.6 Å². The monoisotopic (exact) mass is 1520 g/mol. The Morgan fingerprint density at radius 3 is 1.54 bits per heavy atom. The van der Waals surface area contributed by atoms with Crippen molar-refractivity contribution in [2.24, 2.45) is 5.92 Å². The normalized spacial score (nSPS) is 16.8. The SMILES string of the molecule is CCOCC(C)COP(=S)(NCCOc1ccc(C(OC)OC)cc1)OC(C)(C)C.COCCC(C)OP(=S)(NCCCCC1COC(c2ccc(OC)cc2)O1)OC(C)(C)C.COc1ccc(C(NCCOCCNP(=S)(OC(C)C)OC(C)(C)C)(c2ccccc2)c2ccccc2)cc1. The first kappa shape index (κ1) is 90.2. The molecule has 0 bridgehead atoms. The Bertz CT molecular complexity index is 3130. The van der Waals surface area contributed by atoms with Gasteiger partial charge in [0.15, 0.2) is 12.6 Å². The summed E-state index contributed by atoms with van der Waals surface area (Å²) in [5, 5.41) is 13.8. The van der Waals surface area contributed by atoms with Crippen molar-refractivity contribution in [2.75, 3.05) is 115 Å². The molecule has 1 fully saturated rings. The predicted molar refractivity (Wildman–Crippen MR) is 418 cm³/mol. The molecule has 1 saturated heterocycles. The van der Waals surface area contributed by atoms with Gasteiger partial charge in [0, 0.05) is 77.8 Å². The third-order valence-corrected chi connectivity index (χ3v) is 23.2. The zero-order valence-corrected chi connectivity index (χ0v) is 68.7. The molecule has 1 aliphatic rings. The van der Waals surface area contributed by atoms with E-state index in [-0.39, 0.29) is 42.4 Å². The molecular formula is C75H121N4O16P3S3. The molecule has 7 unspecified atom stereocenters. The number of hydrogen-bond acceptors (Lipinski definition) is 20. The Balaban J connectivity index is 0.000000325. The van der Waals surface area contributed by atoms with E-state index in [9.17, 15) is 0 Å². The molecule has 0 amide bonds. The Hall–Kier alpha value is -3.23. The van der Waals surface area contributed by atoms with Gasteiger partial charge in [-0.1, -0.05) is 104 Å². The number of ether oxygens (including phenoxy) is 10. The van der Waals surface area contributed by atoms with Crippen LogP contribution in [0.3, 0.4) is 0 Å². The van der Waals surface area contributed by atoms with Crippen LogP contribution in [0.15, 0.2) is 133 Å². The van der Waals surface area contributed by atoms with Gasteiger partial charge in [0.1, 0.15) is 23.9 Å². The topological polar surface area (TPSA) is 196 Å². The largest absolute Gasteiger partial charge is 0.497 e. The van der Waals surface area contributed by atoms with E-state index < -0.39 is 36.7 Å². The Labute approximate surface area is 621 Å². The van der Waals surface area contributed by atoms with Gasteiger partial charge in [0.05, 0.1) is 87.9 Å². The van der Waals surface area contributed by atoms with Crippen molar-refractivity contribution in [2.45, 2.75) is 176 Å². The number of methoxy groups -OCH3 is 5. The minimum absolute atomic E-state index is 0.0298. The second-order valence-corrected chi connectivity index (χ2v) is 36.9. The first-order valence-electron chi connectivity index (χ1n) is 34.9. The van der Waals surface area contributed by atoms with Gasteiger partial charge in [-0.3, -0.25) is 5.32 Å². The summed E-state index contributed by atoms with van der Waals surface area (Å²) >= 11 is 17.2. The van der Waals surface area contributed by atoms with Crippen LogP contribution in [-0.2, 0) is 101 Å². The first-order chi connectivity index (χ1) is 47.8. The van der Waals surface area contributed by atoms with Crippen molar-refractivity contribution >= 4 is 55.3 Å². The van der Waals surface area contributed by atoms with Crippen molar-refractivity contribution in [1.29, 1.82) is 0 Å². The summed E-state index contributed by atoms with van der Waals surface area (Å²) in [6, 6.07) is 44.6. The Morgan fingerprint density at radius 2 is 1.02 bits per heavy atom. The lowest BCUT2D eigenvalue weighted by Crippen LogP contribution is -2.46. The fourth-order valence-corrected chi connectivity index (χ4v) is 19.6. The third kappa shape index (κ3) is 35.4. The molecule has 0 aromatic heterocycles. The summed E-state index contributed by atoms with van der Waals surface area (Å²) in [6.45, 7) is 26.8. The van der Waals surface area contributed by atoms with Gasteiger partial charge in [0.2, 0.25) is 0 Å². The molecule has 7 atom stereocenters. The van der Waals surface area contributed by atoms with E-state index in [0.29, 0.717) is 72.5 Å². The van der Waals surface area contributed by atoms with Crippen LogP contribution >= 0.6 is 19.9 Å². The molecule has 5 aromatic rings. The van der Waals surface area contributed by atoms with Crippen LogP contribution in [0.25, 0.3) is 0 Å². The molecule has 4 N–H and O–H groups in total. The molecule has 26 heteroatoms. The lowest BCUT2D eigenvalue weighted by atomic mass is 9.77. The molecule has 101 heavy (non-hydrogen) atoms. The standard InChI is InChI=1S/C31H43N2O4PS.C23H40NO6PS.C21H38NO6PS/c1-25(2)36-38(39,37-30(3,4)5)33-22-24-35-23-21-32-31(26-13-9-7-10-14-26,27-15-11-8-12-16-27)28-17-19-29(34-6)20-18-28;1-18(14-16-25-5)29-31(32,30-23(2,3)4)24-15-8-7-9-21-17-27-22(28-21)19-10-12-20(26-6)13-11-19;1-8-25-15-17(2)16-27-29(30,28-21(3,4)5)22-13-14-26-19-11-9-18(10-12-19)20(23-6)24-7/h7-20,25,32H,21-24H2,1-6H3,(H,33,39);10-13,18,21-22H,7-9,14-17H2,1-6H3,(H,24,32);9-12,17,20H,8,13-16H2,1-7H3,(H,22,30). The highest BCUT2D eigenvalue weighted by molar-refractivity contribution is 8.09. The molecule has 20 nitrogen and oxygen atoms in total. The van der Waals surface area contributed by atoms with Gasteiger partial charge in [-0.25, -0.2) is 15.3 Å². The molecule has 5 aromatic carbocycles. The van der Waals surface area contributed by atoms with Crippen molar-refractivity contribution in [3.8, 4) is 17.2 Å². The maximum atomic E-state index is 6.13. The van der Waals surface area contributed by atoms with Crippen LogP contribution in [0.4, 0.5) is 0 Å². The number of nitrogens with one attached hydrogen (secondary N) is 4. The fraction of sp³-hybridized carbons (Fsp3) is 0.600. The lowest BCUT2D eigenvalue weighted by Gasteiger charge is -2.37. The molecule has 1 aliphatic heterocycles. The minimum atomic E-state index is -2.66. The number of rotatable bonds is 44. The van der Waals surface area contributed by atoms with Crippen molar-refractivity contribution in [3.63, 3.8) is 0 Å². The molecular weight excluding hydrogens is 1400 g/mol. The zero-order chi connectivity index (χ0) is 74.6. The van der Waals surface area contributed by atoms with Crippen LogP contribution in [0.2, 0.25) is 0 Å². The van der Waals surface area contributed by atoms with Gasteiger partial charge in [-0.2, -0.15) is 0 Å². The van der Waals surface area contributed by atoms with Crippen molar-refractivity contribution in [3.05, 3.63) is 161 Å². The molecule has 0 aliphatic carbocycles. The van der Waals surface area contributed by atoms with E-state index in [2.05, 4.69) is 88.2 Å². The van der Waals surface area contributed by atoms with Crippen LogP contribution in [0.5, 0.6) is 17.2 Å². The molecule has 0 radical (unpaired) electrons. The van der Waals surface area contributed by atoms with Gasteiger partial charge in [0.25, 0.3) is 19.9 Å². The fourth-order valence-electron chi connectivity index (χ4n) is 10.2. The highest BCUT2D eigenvalue weighted by Crippen LogP contribution is 2.51. The van der Waals surface area contributed by atoms with Crippen LogP contribution in [-0.4, -0.2) is 150 Å². The summed E-state index contributed by atoms with van der Waals surface area (Å²) in [6.07, 6.45) is 3.00. The Kier molecular flexibility index (Phi) is 41.1. The maximum Gasteiger partial charge on any atom is 0.262 e. The highest BCUT2D eigenvalue weighted by atomic mass is 32.5. The summed E-state index contributed by atoms with van der Waals surface area (Å²) in [5.74, 6) is 2.63. The van der Waals surface area contributed by atoms with Gasteiger partial charge >= 0.3 is 0 Å². The highest BCUT2D eigenvalue weighted by Gasteiger charge is 2.37. The molecule has 570 valence electrons. The number of hydrogen-bond donors (Lipinski definition) is 4. The second-order valence-electron chi connectivity index (χ2n) is 27.4. The molecule has 0 saturated carbocycles. The minimum Gasteiger partial charge on any atom is -0.497 e. The van der Waals surface area contributed by atoms with Crippen molar-refractivity contribution < 1.29 is 74.5 Å². The molecule has 6 rings (SSSR count). The van der Waals surface area contributed by atoms with E-state index in [4.69, 9.17) is 110 Å². The summed E-state index contributed by atoms with van der Waals surface area (Å²) in [4.78, 5) is 0. The average molecular weight is 1520 g/mol. The first-order valence-corrected chi connectivity index (χ1v) is 42.8. The van der Waals surface area contributed by atoms with Crippen LogP contribution in [0, 0.1) is 5.92 Å². The quantitative estimate of drug-likeness (QED) is 0.0124. The van der Waals surface area contributed by atoms with E-state index in [1.54, 1.807) is 35.5 Å². The predicted octanol–water partition coefficient (Wildman–Crippen LogP) is 16.7. The zero-order valence-electron chi connectivity index (χ0n) is 63.6. The van der Waals surface area contributed by atoms with Gasteiger partial charge in [-0.15, -0.1) is 0 Å².